The van der Waals surface area contributed by atoms with Crippen LogP contribution in [0.25, 0.3) is 0 Å². The number of hydrogen-bond donors (Lipinski definition) is 0. The lowest BCUT2D eigenvalue weighted by Crippen LogP contribution is -2.73. The Hall–Kier alpha value is -0.570. The highest BCUT2D eigenvalue weighted by Gasteiger charge is 2.86. The summed E-state index contributed by atoms with van der Waals surface area (Å²) < 4.78 is 111. The predicted molar refractivity (Wildman–Crippen MR) is 103 cm³/mol. The van der Waals surface area contributed by atoms with Crippen LogP contribution in [-0.2, 0) is 9.47 Å². The smallest absolute Gasteiger partial charge is 0.352 e. The van der Waals surface area contributed by atoms with Crippen LogP contribution in [0.15, 0.2) is 0 Å². The molecule has 4 bridgehead atoms. The number of rotatable bonds is 5. The topological polar surface area (TPSA) is 18.5 Å². The van der Waals surface area contributed by atoms with Crippen molar-refractivity contribution in [2.24, 2.45) is 46.8 Å². The monoisotopic (exact) mass is 474 g/mol. The van der Waals surface area contributed by atoms with Crippen molar-refractivity contribution in [3.8, 4) is 0 Å². The first-order valence-electron chi connectivity index (χ1n) is 11.6. The minimum absolute atomic E-state index is 0.00899. The number of hydrogen-bond acceptors (Lipinski definition) is 2. The van der Waals surface area contributed by atoms with Crippen LogP contribution in [0, 0.1) is 46.8 Å². The molecule has 9 unspecified atom stereocenters. The van der Waals surface area contributed by atoms with E-state index in [-0.39, 0.29) is 23.7 Å². The van der Waals surface area contributed by atoms with E-state index in [1.165, 1.54) is 6.92 Å². The van der Waals surface area contributed by atoms with Gasteiger partial charge in [-0.25, -0.2) is 4.39 Å². The van der Waals surface area contributed by atoms with Crippen LogP contribution in [0.5, 0.6) is 0 Å². The van der Waals surface area contributed by atoms with Gasteiger partial charge in [0.25, 0.3) is 5.60 Å². The lowest BCUT2D eigenvalue weighted by Gasteiger charge is -2.61. The number of ether oxygens (including phenoxy) is 2. The van der Waals surface area contributed by atoms with Gasteiger partial charge in [0, 0.05) is 0 Å². The summed E-state index contributed by atoms with van der Waals surface area (Å²) in [5.41, 5.74) is -8.40. The second-order valence-corrected chi connectivity index (χ2v) is 11.5. The largest absolute Gasteiger partial charge is 0.429 e. The zero-order valence-electron chi connectivity index (χ0n) is 19.1. The Morgan fingerprint density at radius 2 is 1.41 bits per heavy atom. The number of alkyl halides is 7. The molecule has 5 aliphatic rings. The first-order chi connectivity index (χ1) is 14.5. The van der Waals surface area contributed by atoms with Gasteiger partial charge in [0.1, 0.15) is 6.79 Å². The molecular formula is C23H33F7O2. The van der Waals surface area contributed by atoms with E-state index in [9.17, 15) is 26.3 Å². The summed E-state index contributed by atoms with van der Waals surface area (Å²) in [5, 5.41) is 0. The van der Waals surface area contributed by atoms with Gasteiger partial charge in [-0.3, -0.25) is 0 Å². The van der Waals surface area contributed by atoms with Gasteiger partial charge in [0.2, 0.25) is 0 Å². The van der Waals surface area contributed by atoms with Crippen molar-refractivity contribution in [1.29, 1.82) is 0 Å². The van der Waals surface area contributed by atoms with Crippen molar-refractivity contribution in [3.05, 3.63) is 0 Å². The summed E-state index contributed by atoms with van der Waals surface area (Å²) in [6.07, 6.45) is -11.7. The predicted octanol–water partition coefficient (Wildman–Crippen LogP) is 6.93. The first kappa shape index (κ1) is 24.6. The Balaban J connectivity index is 1.58. The van der Waals surface area contributed by atoms with E-state index in [1.807, 2.05) is 6.92 Å². The molecule has 0 aliphatic heterocycles. The first-order valence-corrected chi connectivity index (χ1v) is 11.6. The molecule has 5 aliphatic carbocycles. The second kappa shape index (κ2) is 7.22. The molecule has 0 heterocycles. The highest BCUT2D eigenvalue weighted by molar-refractivity contribution is 5.21. The fourth-order valence-corrected chi connectivity index (χ4v) is 7.81. The molecule has 0 amide bonds. The Morgan fingerprint density at radius 1 is 0.812 bits per heavy atom. The summed E-state index contributed by atoms with van der Waals surface area (Å²) in [5.74, 6) is -2.04. The van der Waals surface area contributed by atoms with Crippen LogP contribution < -0.4 is 0 Å². The van der Waals surface area contributed by atoms with E-state index < -0.39 is 60.7 Å². The van der Waals surface area contributed by atoms with Crippen LogP contribution in [-0.4, -0.2) is 36.5 Å². The summed E-state index contributed by atoms with van der Waals surface area (Å²) in [4.78, 5) is 0. The quantitative estimate of drug-likeness (QED) is 0.318. The van der Waals surface area contributed by atoms with Crippen LogP contribution in [0.4, 0.5) is 30.7 Å². The van der Waals surface area contributed by atoms with Crippen molar-refractivity contribution in [1.82, 2.24) is 0 Å². The zero-order valence-corrected chi connectivity index (χ0v) is 19.1. The number of fused-ring (bicyclic) bond motifs is 4. The molecule has 5 saturated carbocycles. The molecule has 9 atom stereocenters. The molecule has 5 rings (SSSR count). The van der Waals surface area contributed by atoms with Gasteiger partial charge in [-0.2, -0.15) is 26.3 Å². The molecule has 186 valence electrons. The average Bonchev–Trinajstić information content (AvgIpc) is 3.13. The van der Waals surface area contributed by atoms with Gasteiger partial charge >= 0.3 is 12.4 Å². The molecule has 0 saturated heterocycles. The van der Waals surface area contributed by atoms with E-state index in [2.05, 4.69) is 18.6 Å². The number of halogens is 7. The van der Waals surface area contributed by atoms with Crippen LogP contribution >= 0.6 is 0 Å². The Morgan fingerprint density at radius 3 is 1.84 bits per heavy atom. The van der Waals surface area contributed by atoms with Crippen molar-refractivity contribution < 1.29 is 40.2 Å². The molecule has 0 radical (unpaired) electrons. The molecule has 32 heavy (non-hydrogen) atoms. The van der Waals surface area contributed by atoms with Gasteiger partial charge in [-0.15, -0.1) is 0 Å². The van der Waals surface area contributed by atoms with Gasteiger partial charge in [-0.05, 0) is 72.5 Å². The zero-order chi connectivity index (χ0) is 24.1. The van der Waals surface area contributed by atoms with Crippen molar-refractivity contribution in [3.63, 3.8) is 0 Å². The van der Waals surface area contributed by atoms with Gasteiger partial charge in [-0.1, -0.05) is 34.6 Å². The molecule has 9 heteroatoms. The van der Waals surface area contributed by atoms with E-state index in [1.54, 1.807) is 6.92 Å². The molecule has 0 aromatic carbocycles. The minimum atomic E-state index is -5.97. The normalized spacial score (nSPS) is 45.8. The second-order valence-electron chi connectivity index (χ2n) is 11.5. The molecule has 0 N–H and O–H groups in total. The molecule has 0 aromatic rings. The fourth-order valence-electron chi connectivity index (χ4n) is 7.81. The van der Waals surface area contributed by atoms with Crippen LogP contribution in [0.2, 0.25) is 0 Å². The molecule has 2 nitrogen and oxygen atoms in total. The van der Waals surface area contributed by atoms with E-state index in [4.69, 9.17) is 4.74 Å². The van der Waals surface area contributed by atoms with E-state index in [0.29, 0.717) is 18.3 Å². The van der Waals surface area contributed by atoms with Gasteiger partial charge in [0.05, 0.1) is 6.10 Å². The third-order valence-corrected chi connectivity index (χ3v) is 10.1. The molecular weight excluding hydrogens is 441 g/mol. The summed E-state index contributed by atoms with van der Waals surface area (Å²) >= 11 is 0. The van der Waals surface area contributed by atoms with E-state index in [0.717, 1.165) is 6.42 Å². The lowest BCUT2D eigenvalue weighted by atomic mass is 9.45. The average molecular weight is 475 g/mol. The van der Waals surface area contributed by atoms with Crippen molar-refractivity contribution in [2.45, 2.75) is 90.0 Å². The van der Waals surface area contributed by atoms with E-state index >= 15 is 4.39 Å². The molecule has 0 spiro atoms. The van der Waals surface area contributed by atoms with Crippen LogP contribution in [0.1, 0.15) is 60.3 Å². The minimum Gasteiger partial charge on any atom is -0.352 e. The maximum absolute atomic E-state index is 16.1. The lowest BCUT2D eigenvalue weighted by molar-refractivity contribution is -0.435. The highest BCUT2D eigenvalue weighted by atomic mass is 19.4. The highest BCUT2D eigenvalue weighted by Crippen LogP contribution is 2.68. The summed E-state index contributed by atoms with van der Waals surface area (Å²) in [6, 6.07) is 0. The SMILES string of the molecule is CC1C2CC(C1C)C(F)(C(OCOC1CC3CC(C1C)C3(C)C)(C(F)(F)F)C(F)(F)F)C2. The maximum Gasteiger partial charge on any atom is 0.429 e. The van der Waals surface area contributed by atoms with Gasteiger partial charge in [0.15, 0.2) is 5.67 Å². The molecule has 0 aromatic heterocycles. The fraction of sp³-hybridized carbons (Fsp3) is 1.00. The maximum atomic E-state index is 16.1. The van der Waals surface area contributed by atoms with Gasteiger partial charge < -0.3 is 9.47 Å². The Bertz CT molecular complexity index is 717. The standard InChI is InChI=1S/C23H33F7O2/c1-11-12(2)17-6-14(11)9-20(17,24)21(22(25,26)27,23(28,29)30)32-10-31-18-8-15-7-16(13(18)3)19(15,4)5/h11-18H,6-10H2,1-5H3. The Kier molecular flexibility index (Phi) is 5.54. The summed E-state index contributed by atoms with van der Waals surface area (Å²) in [7, 11) is 0. The van der Waals surface area contributed by atoms with Crippen molar-refractivity contribution >= 4 is 0 Å². The van der Waals surface area contributed by atoms with Crippen LogP contribution in [0.3, 0.4) is 0 Å². The Labute approximate surface area is 184 Å². The van der Waals surface area contributed by atoms with Crippen molar-refractivity contribution in [2.75, 3.05) is 6.79 Å². The third kappa shape index (κ3) is 3.04. The molecule has 5 fully saturated rings. The third-order valence-electron chi connectivity index (χ3n) is 10.1. The summed E-state index contributed by atoms with van der Waals surface area (Å²) in [6.45, 7) is 8.21.